The average molecular weight is 403 g/mol. The maximum absolute atomic E-state index is 14.9. The molecule has 1 N–H and O–H groups in total. The first-order valence-electron chi connectivity index (χ1n) is 8.19. The Morgan fingerprint density at radius 1 is 0.828 bits per heavy atom. The zero-order chi connectivity index (χ0) is 20.6. The number of hydrogen-bond donors (Lipinski definition) is 1. The minimum atomic E-state index is -4.54. The number of pyridine rings is 2. The molecule has 0 radical (unpaired) electrons. The van der Waals surface area contributed by atoms with Gasteiger partial charge in [-0.05, 0) is 24.3 Å². The molecule has 146 valence electrons. The summed E-state index contributed by atoms with van der Waals surface area (Å²) in [5.74, 6) is -2.16. The molecule has 5 nitrogen and oxygen atoms in total. The van der Waals surface area contributed by atoms with Gasteiger partial charge in [0, 0.05) is 23.3 Å². The second-order valence-electron chi connectivity index (χ2n) is 5.94. The number of rotatable bonds is 3. The Morgan fingerprint density at radius 3 is 2.38 bits per heavy atom. The second kappa shape index (κ2) is 7.04. The van der Waals surface area contributed by atoms with Gasteiger partial charge < -0.3 is 5.32 Å². The van der Waals surface area contributed by atoms with Crippen molar-refractivity contribution in [1.29, 1.82) is 0 Å². The van der Waals surface area contributed by atoms with Crippen molar-refractivity contribution in [1.82, 2.24) is 19.9 Å². The topological polar surface area (TPSA) is 63.6 Å². The van der Waals surface area contributed by atoms with E-state index in [1.807, 2.05) is 0 Å². The van der Waals surface area contributed by atoms with Crippen LogP contribution in [-0.2, 0) is 6.18 Å². The summed E-state index contributed by atoms with van der Waals surface area (Å²) in [4.78, 5) is 15.1. The van der Waals surface area contributed by atoms with E-state index in [4.69, 9.17) is 0 Å². The van der Waals surface area contributed by atoms with Crippen LogP contribution in [0.15, 0.2) is 55.1 Å². The summed E-state index contributed by atoms with van der Waals surface area (Å²) in [6.07, 6.45) is -1.51. The van der Waals surface area contributed by atoms with Crippen molar-refractivity contribution in [3.05, 3.63) is 72.3 Å². The highest BCUT2D eigenvalue weighted by Gasteiger charge is 2.30. The van der Waals surface area contributed by atoms with E-state index >= 15 is 0 Å². The number of aromatic nitrogens is 4. The molecule has 3 aromatic heterocycles. The number of hydrogen-bond acceptors (Lipinski definition) is 5. The number of fused-ring (bicyclic) bond motifs is 1. The van der Waals surface area contributed by atoms with Gasteiger partial charge in [-0.2, -0.15) is 13.2 Å². The molecule has 0 spiro atoms. The first-order valence-corrected chi connectivity index (χ1v) is 8.19. The molecule has 4 aromatic rings. The van der Waals surface area contributed by atoms with E-state index in [1.165, 1.54) is 12.3 Å². The number of nitrogens with zero attached hydrogens (tertiary/aromatic N) is 4. The first kappa shape index (κ1) is 18.7. The zero-order valence-electron chi connectivity index (χ0n) is 14.4. The van der Waals surface area contributed by atoms with Gasteiger partial charge in [-0.25, -0.2) is 23.7 Å². The van der Waals surface area contributed by atoms with Gasteiger partial charge in [0.2, 0.25) is 0 Å². The van der Waals surface area contributed by atoms with Crippen LogP contribution in [0.1, 0.15) is 5.56 Å². The lowest BCUT2D eigenvalue weighted by Crippen LogP contribution is -2.07. The molecule has 29 heavy (non-hydrogen) atoms. The third-order valence-electron chi connectivity index (χ3n) is 4.09. The molecule has 4 rings (SSSR count). The molecule has 0 aliphatic carbocycles. The molecule has 0 fully saturated rings. The van der Waals surface area contributed by atoms with Gasteiger partial charge in [0.25, 0.3) is 0 Å². The van der Waals surface area contributed by atoms with Crippen LogP contribution in [0.5, 0.6) is 0 Å². The summed E-state index contributed by atoms with van der Waals surface area (Å²) in [7, 11) is 0. The maximum Gasteiger partial charge on any atom is 0.417 e. The fourth-order valence-corrected chi connectivity index (χ4v) is 2.69. The summed E-state index contributed by atoms with van der Waals surface area (Å²) in [6, 6.07) is 8.08. The standard InChI is InChI=1S/C19H10F5N5/c20-14-12(5-3-10-2-1-7-25-16(10)14)17-15(21)18(28-9-27-17)29-13-6-4-11(8-26-13)19(22,23)24/h1-9H,(H,26,27,28,29). The SMILES string of the molecule is Fc1c(Nc2ccc(C(F)(F)F)cn2)ncnc1-c1ccc2cccnc2c1F. The highest BCUT2D eigenvalue weighted by Crippen LogP contribution is 2.32. The van der Waals surface area contributed by atoms with Crippen molar-refractivity contribution in [2.24, 2.45) is 0 Å². The summed E-state index contributed by atoms with van der Waals surface area (Å²) in [6.45, 7) is 0. The van der Waals surface area contributed by atoms with Crippen molar-refractivity contribution in [3.8, 4) is 11.3 Å². The van der Waals surface area contributed by atoms with Crippen molar-refractivity contribution < 1.29 is 22.0 Å². The van der Waals surface area contributed by atoms with Gasteiger partial charge in [0.15, 0.2) is 17.5 Å². The van der Waals surface area contributed by atoms with Gasteiger partial charge in [-0.3, -0.25) is 4.98 Å². The summed E-state index contributed by atoms with van der Waals surface area (Å²) >= 11 is 0. The average Bonchev–Trinajstić information content (AvgIpc) is 2.70. The molecule has 0 unspecified atom stereocenters. The van der Waals surface area contributed by atoms with E-state index in [2.05, 4.69) is 25.3 Å². The molecular formula is C19H10F5N5. The molecule has 1 aromatic carbocycles. The largest absolute Gasteiger partial charge is 0.417 e. The molecule has 0 aliphatic rings. The van der Waals surface area contributed by atoms with Gasteiger partial charge in [-0.15, -0.1) is 0 Å². The van der Waals surface area contributed by atoms with Crippen molar-refractivity contribution >= 4 is 22.5 Å². The van der Waals surface area contributed by atoms with E-state index < -0.39 is 23.4 Å². The van der Waals surface area contributed by atoms with E-state index in [0.717, 1.165) is 18.5 Å². The molecule has 10 heteroatoms. The van der Waals surface area contributed by atoms with Gasteiger partial charge in [-0.1, -0.05) is 12.1 Å². The fraction of sp³-hybridized carbons (Fsp3) is 0.0526. The van der Waals surface area contributed by atoms with E-state index in [9.17, 15) is 22.0 Å². The Labute approximate surface area is 160 Å². The smallest absolute Gasteiger partial charge is 0.322 e. The van der Waals surface area contributed by atoms with Crippen LogP contribution in [0.3, 0.4) is 0 Å². The third-order valence-corrected chi connectivity index (χ3v) is 4.09. The molecule has 0 saturated heterocycles. The number of halogens is 5. The third kappa shape index (κ3) is 3.56. The number of alkyl halides is 3. The second-order valence-corrected chi connectivity index (χ2v) is 5.94. The number of nitrogens with one attached hydrogen (secondary N) is 1. The Bertz CT molecular complexity index is 1190. The summed E-state index contributed by atoms with van der Waals surface area (Å²) in [5.41, 5.74) is -1.33. The summed E-state index contributed by atoms with van der Waals surface area (Å²) in [5, 5.41) is 3.01. The van der Waals surface area contributed by atoms with Gasteiger partial charge in [0.05, 0.1) is 5.56 Å². The Hall–Kier alpha value is -3.69. The summed E-state index contributed by atoms with van der Waals surface area (Å²) < 4.78 is 67.6. The zero-order valence-corrected chi connectivity index (χ0v) is 14.4. The van der Waals surface area contributed by atoms with Crippen LogP contribution in [0.2, 0.25) is 0 Å². The van der Waals surface area contributed by atoms with Crippen LogP contribution in [0.25, 0.3) is 22.2 Å². The van der Waals surface area contributed by atoms with E-state index in [-0.39, 0.29) is 28.4 Å². The lowest BCUT2D eigenvalue weighted by molar-refractivity contribution is -0.137. The number of benzene rings is 1. The van der Waals surface area contributed by atoms with Crippen molar-refractivity contribution in [2.75, 3.05) is 5.32 Å². The molecule has 3 heterocycles. The molecule has 0 saturated carbocycles. The minimum Gasteiger partial charge on any atom is -0.322 e. The predicted octanol–water partition coefficient (Wildman–Crippen LogP) is 5.13. The monoisotopic (exact) mass is 403 g/mol. The lowest BCUT2D eigenvalue weighted by Gasteiger charge is -2.11. The predicted molar refractivity (Wildman–Crippen MR) is 95.2 cm³/mol. The fourth-order valence-electron chi connectivity index (χ4n) is 2.69. The van der Waals surface area contributed by atoms with Crippen molar-refractivity contribution in [2.45, 2.75) is 6.18 Å². The Morgan fingerprint density at radius 2 is 1.66 bits per heavy atom. The molecule has 0 bridgehead atoms. The first-order chi connectivity index (χ1) is 13.8. The number of anilines is 2. The van der Waals surface area contributed by atoms with E-state index in [0.29, 0.717) is 11.6 Å². The normalized spacial score (nSPS) is 11.6. The van der Waals surface area contributed by atoms with Crippen LogP contribution < -0.4 is 5.32 Å². The highest BCUT2D eigenvalue weighted by atomic mass is 19.4. The quantitative estimate of drug-likeness (QED) is 0.481. The Kier molecular flexibility index (Phi) is 4.53. The van der Waals surface area contributed by atoms with Crippen LogP contribution in [-0.4, -0.2) is 19.9 Å². The highest BCUT2D eigenvalue weighted by molar-refractivity contribution is 5.84. The van der Waals surface area contributed by atoms with Crippen molar-refractivity contribution in [3.63, 3.8) is 0 Å². The minimum absolute atomic E-state index is 0.0573. The van der Waals surface area contributed by atoms with Crippen LogP contribution in [0, 0.1) is 11.6 Å². The van der Waals surface area contributed by atoms with Gasteiger partial charge in [0.1, 0.15) is 23.4 Å². The molecule has 0 atom stereocenters. The van der Waals surface area contributed by atoms with E-state index in [1.54, 1.807) is 18.2 Å². The molecule has 0 aliphatic heterocycles. The Balaban J connectivity index is 1.71. The van der Waals surface area contributed by atoms with Gasteiger partial charge >= 0.3 is 6.18 Å². The lowest BCUT2D eigenvalue weighted by atomic mass is 10.1. The maximum atomic E-state index is 14.9. The van der Waals surface area contributed by atoms with Crippen LogP contribution >= 0.6 is 0 Å². The molecular weight excluding hydrogens is 393 g/mol. The van der Waals surface area contributed by atoms with Crippen LogP contribution in [0.4, 0.5) is 33.6 Å². The molecule has 0 amide bonds.